The number of aromatic nitrogens is 2. The average molecular weight is 501 g/mol. The normalized spacial score (nSPS) is 13.1. The third-order valence-corrected chi connectivity index (χ3v) is 7.50. The largest absolute Gasteiger partial charge is 0.456 e. The first-order chi connectivity index (χ1) is 19.1. The molecule has 2 aromatic heterocycles. The SMILES string of the molecule is N=C1C=Cc2ccc3ccc(-c4nc5ccccc5nc4-c4ccc5oc6ccccc6c5c4)cc3c2C1=N. The number of nitrogens with zero attached hydrogens (tertiary/aromatic N) is 2. The van der Waals surface area contributed by atoms with Crippen molar-refractivity contribution in [2.75, 3.05) is 0 Å². The van der Waals surface area contributed by atoms with Crippen molar-refractivity contribution in [2.45, 2.75) is 0 Å². The summed E-state index contributed by atoms with van der Waals surface area (Å²) in [5.74, 6) is 0. The van der Waals surface area contributed by atoms with E-state index in [4.69, 9.17) is 25.2 Å². The van der Waals surface area contributed by atoms with Gasteiger partial charge >= 0.3 is 0 Å². The Morgan fingerprint density at radius 2 is 1.21 bits per heavy atom. The van der Waals surface area contributed by atoms with Gasteiger partial charge in [0.1, 0.15) is 11.2 Å². The van der Waals surface area contributed by atoms with Gasteiger partial charge in [-0.3, -0.25) is 10.8 Å². The highest BCUT2D eigenvalue weighted by Crippen LogP contribution is 2.37. The smallest absolute Gasteiger partial charge is 0.135 e. The van der Waals surface area contributed by atoms with Crippen molar-refractivity contribution in [1.82, 2.24) is 9.97 Å². The maximum atomic E-state index is 8.63. The first-order valence-electron chi connectivity index (χ1n) is 12.8. The Hall–Kier alpha value is -5.42. The highest BCUT2D eigenvalue weighted by Gasteiger charge is 2.20. The third-order valence-electron chi connectivity index (χ3n) is 7.50. The first kappa shape index (κ1) is 21.6. The van der Waals surface area contributed by atoms with Crippen LogP contribution in [0.1, 0.15) is 11.1 Å². The Morgan fingerprint density at radius 3 is 2.00 bits per heavy atom. The van der Waals surface area contributed by atoms with Crippen LogP contribution in [0.25, 0.3) is 72.3 Å². The van der Waals surface area contributed by atoms with E-state index in [0.29, 0.717) is 0 Å². The zero-order valence-corrected chi connectivity index (χ0v) is 20.7. The summed E-state index contributed by atoms with van der Waals surface area (Å²) in [6.07, 6.45) is 3.59. The molecule has 0 saturated carbocycles. The molecule has 8 rings (SSSR count). The van der Waals surface area contributed by atoms with E-state index in [-0.39, 0.29) is 11.4 Å². The van der Waals surface area contributed by atoms with E-state index in [9.17, 15) is 0 Å². The lowest BCUT2D eigenvalue weighted by atomic mass is 9.88. The van der Waals surface area contributed by atoms with Crippen LogP contribution < -0.4 is 0 Å². The van der Waals surface area contributed by atoms with E-state index in [0.717, 1.165) is 77.4 Å². The topological polar surface area (TPSA) is 86.6 Å². The summed E-state index contributed by atoms with van der Waals surface area (Å²) in [6.45, 7) is 0. The quantitative estimate of drug-likeness (QED) is 0.250. The van der Waals surface area contributed by atoms with E-state index in [2.05, 4.69) is 36.4 Å². The minimum absolute atomic E-state index is 0.215. The Labute approximate surface area is 223 Å². The summed E-state index contributed by atoms with van der Waals surface area (Å²) >= 11 is 0. The molecule has 0 saturated heterocycles. The fraction of sp³-hybridized carbons (Fsp3) is 0. The molecule has 2 N–H and O–H groups in total. The van der Waals surface area contributed by atoms with Gasteiger partial charge in [0.05, 0.1) is 33.8 Å². The van der Waals surface area contributed by atoms with Crippen molar-refractivity contribution in [2.24, 2.45) is 0 Å². The number of allylic oxidation sites excluding steroid dienone is 1. The number of nitrogens with one attached hydrogen (secondary N) is 2. The monoisotopic (exact) mass is 500 g/mol. The molecule has 1 aliphatic carbocycles. The van der Waals surface area contributed by atoms with Crippen LogP contribution in [0.3, 0.4) is 0 Å². The average Bonchev–Trinajstić information content (AvgIpc) is 3.36. The van der Waals surface area contributed by atoms with Gasteiger partial charge in [-0.1, -0.05) is 60.7 Å². The molecule has 0 aliphatic heterocycles. The second-order valence-electron chi connectivity index (χ2n) is 9.81. The van der Waals surface area contributed by atoms with Crippen LogP contribution in [-0.4, -0.2) is 21.4 Å². The molecule has 39 heavy (non-hydrogen) atoms. The Bertz CT molecular complexity index is 2220. The molecule has 0 fully saturated rings. The lowest BCUT2D eigenvalue weighted by molar-refractivity contribution is 0.669. The summed E-state index contributed by atoms with van der Waals surface area (Å²) in [5, 5.41) is 20.9. The Morgan fingerprint density at radius 1 is 0.564 bits per heavy atom. The standard InChI is InChI=1S/C34H20N4O/c35-26-15-13-20-11-9-19-10-12-21(17-24(19)31(20)32(26)36)33-34(38-28-7-3-2-6-27(28)37-33)22-14-16-30-25(18-22)23-5-1-4-8-29(23)39-30/h1-18,35-36H. The number of fused-ring (bicyclic) bond motifs is 7. The van der Waals surface area contributed by atoms with Gasteiger partial charge in [0, 0.05) is 27.5 Å². The van der Waals surface area contributed by atoms with Crippen molar-refractivity contribution < 1.29 is 4.42 Å². The van der Waals surface area contributed by atoms with Crippen LogP contribution in [0.15, 0.2) is 108 Å². The molecule has 182 valence electrons. The molecule has 1 aliphatic rings. The predicted octanol–water partition coefficient (Wildman–Crippen LogP) is 8.43. The van der Waals surface area contributed by atoms with Gasteiger partial charge in [0.2, 0.25) is 0 Å². The van der Waals surface area contributed by atoms with E-state index in [1.54, 1.807) is 6.08 Å². The molecule has 5 aromatic carbocycles. The summed E-state index contributed by atoms with van der Waals surface area (Å²) in [7, 11) is 0. The van der Waals surface area contributed by atoms with Gasteiger partial charge < -0.3 is 4.42 Å². The molecule has 0 atom stereocenters. The zero-order valence-electron chi connectivity index (χ0n) is 20.7. The molecule has 0 spiro atoms. The van der Waals surface area contributed by atoms with Crippen LogP contribution in [0, 0.1) is 10.8 Å². The van der Waals surface area contributed by atoms with Crippen LogP contribution in [0.2, 0.25) is 0 Å². The minimum Gasteiger partial charge on any atom is -0.456 e. The van der Waals surface area contributed by atoms with Gasteiger partial charge in [0.25, 0.3) is 0 Å². The van der Waals surface area contributed by atoms with Crippen LogP contribution >= 0.6 is 0 Å². The van der Waals surface area contributed by atoms with Crippen LogP contribution in [0.5, 0.6) is 0 Å². The molecular weight excluding hydrogens is 480 g/mol. The lowest BCUT2D eigenvalue weighted by Crippen LogP contribution is -2.16. The van der Waals surface area contributed by atoms with Crippen molar-refractivity contribution in [3.8, 4) is 22.5 Å². The highest BCUT2D eigenvalue weighted by molar-refractivity contribution is 6.53. The fourth-order valence-electron chi connectivity index (χ4n) is 5.57. The molecule has 0 radical (unpaired) electrons. The van der Waals surface area contributed by atoms with Gasteiger partial charge in [0.15, 0.2) is 0 Å². The number of hydrogen-bond acceptors (Lipinski definition) is 5. The second kappa shape index (κ2) is 8.04. The third kappa shape index (κ3) is 3.27. The maximum Gasteiger partial charge on any atom is 0.135 e. The first-order valence-corrected chi connectivity index (χ1v) is 12.8. The Balaban J connectivity index is 1.41. The fourth-order valence-corrected chi connectivity index (χ4v) is 5.57. The van der Waals surface area contributed by atoms with Gasteiger partial charge in [-0.25, -0.2) is 9.97 Å². The van der Waals surface area contributed by atoms with E-state index >= 15 is 0 Å². The number of rotatable bonds is 2. The summed E-state index contributed by atoms with van der Waals surface area (Å²) in [6, 6.07) is 32.4. The second-order valence-corrected chi connectivity index (χ2v) is 9.81. The van der Waals surface area contributed by atoms with Gasteiger partial charge in [-0.05, 0) is 64.9 Å². The zero-order chi connectivity index (χ0) is 26.1. The molecular formula is C34H20N4O. The van der Waals surface area contributed by atoms with E-state index in [1.807, 2.05) is 66.7 Å². The maximum absolute atomic E-state index is 8.63. The van der Waals surface area contributed by atoms with Crippen molar-refractivity contribution in [3.63, 3.8) is 0 Å². The minimum atomic E-state index is 0.215. The summed E-state index contributed by atoms with van der Waals surface area (Å²) in [5.41, 5.74) is 8.94. The number of hydrogen-bond donors (Lipinski definition) is 2. The Kier molecular flexibility index (Phi) is 4.46. The summed E-state index contributed by atoms with van der Waals surface area (Å²) < 4.78 is 6.07. The van der Waals surface area contributed by atoms with Crippen LogP contribution in [0.4, 0.5) is 0 Å². The molecule has 5 nitrogen and oxygen atoms in total. The number of furan rings is 1. The number of benzene rings is 5. The van der Waals surface area contributed by atoms with Gasteiger partial charge in [-0.2, -0.15) is 0 Å². The summed E-state index contributed by atoms with van der Waals surface area (Å²) in [4.78, 5) is 10.2. The molecule has 0 amide bonds. The lowest BCUT2D eigenvalue weighted by Gasteiger charge is -2.17. The van der Waals surface area contributed by atoms with Crippen molar-refractivity contribution in [3.05, 3.63) is 114 Å². The molecule has 0 unspecified atom stereocenters. The molecule has 7 aromatic rings. The molecule has 2 heterocycles. The molecule has 0 bridgehead atoms. The number of para-hydroxylation sites is 3. The van der Waals surface area contributed by atoms with E-state index in [1.165, 1.54) is 0 Å². The van der Waals surface area contributed by atoms with Crippen LogP contribution in [-0.2, 0) is 0 Å². The van der Waals surface area contributed by atoms with Crippen molar-refractivity contribution in [1.29, 1.82) is 10.8 Å². The van der Waals surface area contributed by atoms with Gasteiger partial charge in [-0.15, -0.1) is 0 Å². The highest BCUT2D eigenvalue weighted by atomic mass is 16.3. The van der Waals surface area contributed by atoms with E-state index < -0.39 is 0 Å². The van der Waals surface area contributed by atoms with Crippen molar-refractivity contribution >= 4 is 61.2 Å². The predicted molar refractivity (Wildman–Crippen MR) is 159 cm³/mol. The molecule has 5 heteroatoms.